The van der Waals surface area contributed by atoms with Gasteiger partial charge in [0.05, 0.1) is 13.2 Å². The lowest BCUT2D eigenvalue weighted by Crippen LogP contribution is -2.22. The number of rotatable bonds is 2. The van der Waals surface area contributed by atoms with Crippen LogP contribution in [0.25, 0.3) is 0 Å². The first-order valence-electron chi connectivity index (χ1n) is 4.79. The first kappa shape index (κ1) is 9.21. The Balaban J connectivity index is 2.24. The standard InChI is InChI=1S/C11H13NO2/c1-2-12-11(13)8-3-4-9-6-14-7-10(9)5-8/h3-5H,2,6-7H2,1H3,(H,12,13). The highest BCUT2D eigenvalue weighted by Crippen LogP contribution is 2.20. The minimum Gasteiger partial charge on any atom is -0.372 e. The van der Waals surface area contributed by atoms with Crippen LogP contribution in [0.3, 0.4) is 0 Å². The van der Waals surface area contributed by atoms with Crippen molar-refractivity contribution in [3.63, 3.8) is 0 Å². The van der Waals surface area contributed by atoms with Crippen molar-refractivity contribution < 1.29 is 9.53 Å². The Morgan fingerprint density at radius 3 is 3.00 bits per heavy atom. The van der Waals surface area contributed by atoms with E-state index in [0.29, 0.717) is 19.8 Å². The van der Waals surface area contributed by atoms with Crippen LogP contribution in [0.1, 0.15) is 28.4 Å². The summed E-state index contributed by atoms with van der Waals surface area (Å²) in [5.41, 5.74) is 3.04. The molecule has 0 saturated heterocycles. The molecule has 3 heteroatoms. The van der Waals surface area contributed by atoms with Gasteiger partial charge in [0.1, 0.15) is 0 Å². The van der Waals surface area contributed by atoms with Crippen LogP contribution in [0.5, 0.6) is 0 Å². The Morgan fingerprint density at radius 1 is 1.43 bits per heavy atom. The summed E-state index contributed by atoms with van der Waals surface area (Å²) in [5, 5.41) is 2.77. The molecule has 0 saturated carbocycles. The van der Waals surface area contributed by atoms with E-state index in [4.69, 9.17) is 4.74 Å². The number of fused-ring (bicyclic) bond motifs is 1. The Kier molecular flexibility index (Phi) is 2.50. The Hall–Kier alpha value is -1.35. The second-order valence-electron chi connectivity index (χ2n) is 3.34. The van der Waals surface area contributed by atoms with E-state index in [1.807, 2.05) is 25.1 Å². The molecule has 0 aromatic heterocycles. The highest BCUT2D eigenvalue weighted by molar-refractivity contribution is 5.94. The van der Waals surface area contributed by atoms with E-state index in [0.717, 1.165) is 11.1 Å². The predicted molar refractivity (Wildman–Crippen MR) is 52.9 cm³/mol. The van der Waals surface area contributed by atoms with Gasteiger partial charge in [0.15, 0.2) is 0 Å². The summed E-state index contributed by atoms with van der Waals surface area (Å²) < 4.78 is 5.28. The molecule has 74 valence electrons. The summed E-state index contributed by atoms with van der Waals surface area (Å²) in [4.78, 5) is 11.5. The van der Waals surface area contributed by atoms with Crippen molar-refractivity contribution in [1.82, 2.24) is 5.32 Å². The van der Waals surface area contributed by atoms with Gasteiger partial charge in [0, 0.05) is 12.1 Å². The lowest BCUT2D eigenvalue weighted by Gasteiger charge is -2.03. The SMILES string of the molecule is CCNC(=O)c1ccc2c(c1)COC2. The third-order valence-electron chi connectivity index (χ3n) is 2.32. The van der Waals surface area contributed by atoms with Crippen molar-refractivity contribution >= 4 is 5.91 Å². The monoisotopic (exact) mass is 191 g/mol. The lowest BCUT2D eigenvalue weighted by atomic mass is 10.1. The highest BCUT2D eigenvalue weighted by Gasteiger charge is 2.13. The van der Waals surface area contributed by atoms with Crippen molar-refractivity contribution in [2.75, 3.05) is 6.54 Å². The fourth-order valence-corrected chi connectivity index (χ4v) is 1.58. The number of carbonyl (C=O) groups is 1. The molecule has 14 heavy (non-hydrogen) atoms. The fourth-order valence-electron chi connectivity index (χ4n) is 1.58. The van der Waals surface area contributed by atoms with Crippen molar-refractivity contribution in [3.8, 4) is 0 Å². The molecule has 3 nitrogen and oxygen atoms in total. The molecular formula is C11H13NO2. The lowest BCUT2D eigenvalue weighted by molar-refractivity contribution is 0.0955. The molecule has 0 bridgehead atoms. The van der Waals surface area contributed by atoms with E-state index < -0.39 is 0 Å². The number of amides is 1. The smallest absolute Gasteiger partial charge is 0.251 e. The second-order valence-corrected chi connectivity index (χ2v) is 3.34. The van der Waals surface area contributed by atoms with Gasteiger partial charge in [-0.3, -0.25) is 4.79 Å². The van der Waals surface area contributed by atoms with Crippen LogP contribution in [-0.4, -0.2) is 12.5 Å². The first-order valence-corrected chi connectivity index (χ1v) is 4.79. The number of nitrogens with one attached hydrogen (secondary N) is 1. The van der Waals surface area contributed by atoms with Gasteiger partial charge in [-0.05, 0) is 30.2 Å². The zero-order chi connectivity index (χ0) is 9.97. The maximum absolute atomic E-state index is 11.5. The summed E-state index contributed by atoms with van der Waals surface area (Å²) in [7, 11) is 0. The van der Waals surface area contributed by atoms with Crippen LogP contribution in [0.4, 0.5) is 0 Å². The van der Waals surface area contributed by atoms with Gasteiger partial charge in [-0.2, -0.15) is 0 Å². The van der Waals surface area contributed by atoms with E-state index in [2.05, 4.69) is 5.32 Å². The number of carbonyl (C=O) groups excluding carboxylic acids is 1. The van der Waals surface area contributed by atoms with Gasteiger partial charge in [0.2, 0.25) is 0 Å². The van der Waals surface area contributed by atoms with Crippen molar-refractivity contribution in [2.45, 2.75) is 20.1 Å². The Bertz CT molecular complexity index is 360. The third-order valence-corrected chi connectivity index (χ3v) is 2.32. The molecule has 1 amide bonds. The zero-order valence-corrected chi connectivity index (χ0v) is 8.17. The highest BCUT2D eigenvalue weighted by atomic mass is 16.5. The molecule has 1 aromatic carbocycles. The van der Waals surface area contributed by atoms with E-state index in [1.54, 1.807) is 0 Å². The minimum absolute atomic E-state index is 0.0119. The number of ether oxygens (including phenoxy) is 1. The van der Waals surface area contributed by atoms with Crippen molar-refractivity contribution in [2.24, 2.45) is 0 Å². The van der Waals surface area contributed by atoms with Crippen LogP contribution in [0.15, 0.2) is 18.2 Å². The second kappa shape index (κ2) is 3.80. The van der Waals surface area contributed by atoms with E-state index in [9.17, 15) is 4.79 Å². The molecule has 0 spiro atoms. The van der Waals surface area contributed by atoms with E-state index >= 15 is 0 Å². The summed E-state index contributed by atoms with van der Waals surface area (Å²) >= 11 is 0. The van der Waals surface area contributed by atoms with E-state index in [1.165, 1.54) is 5.56 Å². The largest absolute Gasteiger partial charge is 0.372 e. The van der Waals surface area contributed by atoms with Crippen LogP contribution in [0, 0.1) is 0 Å². The molecule has 1 aliphatic rings. The van der Waals surface area contributed by atoms with Gasteiger partial charge < -0.3 is 10.1 Å². The van der Waals surface area contributed by atoms with Gasteiger partial charge in [-0.15, -0.1) is 0 Å². The van der Waals surface area contributed by atoms with Crippen LogP contribution in [0.2, 0.25) is 0 Å². The van der Waals surface area contributed by atoms with Gasteiger partial charge in [-0.25, -0.2) is 0 Å². The number of benzene rings is 1. The summed E-state index contributed by atoms with van der Waals surface area (Å²) in [6, 6.07) is 5.72. The van der Waals surface area contributed by atoms with Crippen molar-refractivity contribution in [1.29, 1.82) is 0 Å². The summed E-state index contributed by atoms with van der Waals surface area (Å²) in [5.74, 6) is -0.0119. The maximum Gasteiger partial charge on any atom is 0.251 e. The fraction of sp³-hybridized carbons (Fsp3) is 0.364. The molecule has 1 heterocycles. The summed E-state index contributed by atoms with van der Waals surface area (Å²) in [6.07, 6.45) is 0. The zero-order valence-electron chi connectivity index (χ0n) is 8.17. The van der Waals surface area contributed by atoms with Crippen LogP contribution < -0.4 is 5.32 Å². The van der Waals surface area contributed by atoms with E-state index in [-0.39, 0.29) is 5.91 Å². The van der Waals surface area contributed by atoms with Crippen LogP contribution in [-0.2, 0) is 18.0 Å². The quantitative estimate of drug-likeness (QED) is 0.768. The van der Waals surface area contributed by atoms with Gasteiger partial charge in [-0.1, -0.05) is 6.07 Å². The average molecular weight is 191 g/mol. The molecule has 1 N–H and O–H groups in total. The normalized spacial score (nSPS) is 13.8. The van der Waals surface area contributed by atoms with Gasteiger partial charge in [0.25, 0.3) is 5.91 Å². The van der Waals surface area contributed by atoms with Crippen molar-refractivity contribution in [3.05, 3.63) is 34.9 Å². The molecule has 1 aromatic rings. The third kappa shape index (κ3) is 1.63. The molecular weight excluding hydrogens is 178 g/mol. The molecule has 0 atom stereocenters. The Labute approximate surface area is 83.1 Å². The molecule has 0 unspecified atom stereocenters. The topological polar surface area (TPSA) is 38.3 Å². The minimum atomic E-state index is -0.0119. The Morgan fingerprint density at radius 2 is 2.21 bits per heavy atom. The number of hydrogen-bond acceptors (Lipinski definition) is 2. The molecule has 0 aliphatic carbocycles. The van der Waals surface area contributed by atoms with Gasteiger partial charge >= 0.3 is 0 Å². The average Bonchev–Trinajstić information content (AvgIpc) is 2.64. The molecule has 1 aliphatic heterocycles. The number of hydrogen-bond donors (Lipinski definition) is 1. The molecule has 0 fully saturated rings. The first-order chi connectivity index (χ1) is 6.81. The summed E-state index contributed by atoms with van der Waals surface area (Å²) in [6.45, 7) is 3.87. The maximum atomic E-state index is 11.5. The molecule has 2 rings (SSSR count). The molecule has 0 radical (unpaired) electrons. The predicted octanol–water partition coefficient (Wildman–Crippen LogP) is 1.47. The van der Waals surface area contributed by atoms with Crippen LogP contribution >= 0.6 is 0 Å².